The van der Waals surface area contributed by atoms with Crippen LogP contribution in [0.3, 0.4) is 0 Å². The zero-order valence-corrected chi connectivity index (χ0v) is 18.2. The summed E-state index contributed by atoms with van der Waals surface area (Å²) < 4.78 is 10.4. The molecule has 1 saturated heterocycles. The first kappa shape index (κ1) is 22.6. The van der Waals surface area contributed by atoms with Gasteiger partial charge in [0.2, 0.25) is 0 Å². The molecule has 0 atom stereocenters. The number of hydrogen-bond donors (Lipinski definition) is 0. The van der Waals surface area contributed by atoms with Crippen LogP contribution >= 0.6 is 0 Å². The summed E-state index contributed by atoms with van der Waals surface area (Å²) in [6.07, 6.45) is 1.27. The van der Waals surface area contributed by atoms with Crippen LogP contribution < -0.4 is 0 Å². The topological polar surface area (TPSA) is 55.8 Å². The van der Waals surface area contributed by atoms with E-state index in [9.17, 15) is 9.59 Å². The van der Waals surface area contributed by atoms with E-state index in [1.54, 1.807) is 6.92 Å². The molecule has 2 aromatic carbocycles. The van der Waals surface area contributed by atoms with Crippen LogP contribution in [0, 0.1) is 11.8 Å². The van der Waals surface area contributed by atoms with Gasteiger partial charge in [-0.1, -0.05) is 54.5 Å². The molecular formula is C26H29NO4. The number of nitrogens with zero attached hydrogens (tertiary/aromatic N) is 1. The molecule has 0 N–H and O–H groups in total. The van der Waals surface area contributed by atoms with Crippen molar-refractivity contribution in [2.75, 3.05) is 26.3 Å². The van der Waals surface area contributed by atoms with Crippen molar-refractivity contribution in [1.82, 2.24) is 4.90 Å². The second kappa shape index (κ2) is 10.8. The summed E-state index contributed by atoms with van der Waals surface area (Å²) >= 11 is 0. The van der Waals surface area contributed by atoms with Gasteiger partial charge in [-0.3, -0.25) is 9.69 Å². The number of carbonyl (C=O) groups excluding carboxylic acids is 2. The van der Waals surface area contributed by atoms with E-state index >= 15 is 0 Å². The second-order valence-corrected chi connectivity index (χ2v) is 7.58. The molecule has 5 heteroatoms. The van der Waals surface area contributed by atoms with Gasteiger partial charge in [0, 0.05) is 18.0 Å². The van der Waals surface area contributed by atoms with Gasteiger partial charge in [0.25, 0.3) is 0 Å². The van der Waals surface area contributed by atoms with Crippen LogP contribution in [0.2, 0.25) is 0 Å². The molecule has 0 aromatic heterocycles. The van der Waals surface area contributed by atoms with E-state index in [-0.39, 0.29) is 12.6 Å². The minimum Gasteiger partial charge on any atom is -0.465 e. The molecule has 0 aliphatic carbocycles. The molecule has 0 amide bonds. The van der Waals surface area contributed by atoms with E-state index in [2.05, 4.69) is 28.9 Å². The quantitative estimate of drug-likeness (QED) is 0.528. The van der Waals surface area contributed by atoms with E-state index in [0.717, 1.165) is 25.2 Å². The molecule has 3 rings (SSSR count). The van der Waals surface area contributed by atoms with Crippen molar-refractivity contribution >= 4 is 11.9 Å². The first-order valence-electron chi connectivity index (χ1n) is 10.8. The minimum atomic E-state index is -0.775. The van der Waals surface area contributed by atoms with Crippen molar-refractivity contribution in [3.8, 4) is 11.8 Å². The molecule has 0 radical (unpaired) electrons. The third kappa shape index (κ3) is 5.53. The number of ether oxygens (including phenoxy) is 2. The van der Waals surface area contributed by atoms with Crippen LogP contribution in [-0.2, 0) is 31.0 Å². The zero-order valence-electron chi connectivity index (χ0n) is 18.2. The Bertz CT molecular complexity index is 950. The fraction of sp³-hybridized carbons (Fsp3) is 0.385. The van der Waals surface area contributed by atoms with Crippen molar-refractivity contribution < 1.29 is 19.1 Å². The summed E-state index contributed by atoms with van der Waals surface area (Å²) in [5, 5.41) is 0. The van der Waals surface area contributed by atoms with Gasteiger partial charge in [-0.15, -0.1) is 0 Å². The number of esters is 2. The number of benzene rings is 2. The van der Waals surface area contributed by atoms with Crippen molar-refractivity contribution in [2.45, 2.75) is 38.6 Å². The lowest BCUT2D eigenvalue weighted by Crippen LogP contribution is -2.48. The fourth-order valence-corrected chi connectivity index (χ4v) is 4.08. The highest BCUT2D eigenvalue weighted by atomic mass is 16.5. The largest absolute Gasteiger partial charge is 0.465 e. The summed E-state index contributed by atoms with van der Waals surface area (Å²) in [5.41, 5.74) is 1.97. The molecule has 1 aliphatic heterocycles. The molecular weight excluding hydrogens is 390 g/mol. The number of rotatable bonds is 6. The maximum atomic E-state index is 13.2. The van der Waals surface area contributed by atoms with Crippen LogP contribution in [0.4, 0.5) is 0 Å². The Morgan fingerprint density at radius 1 is 0.935 bits per heavy atom. The van der Waals surface area contributed by atoms with Crippen LogP contribution in [0.1, 0.15) is 43.4 Å². The zero-order chi connectivity index (χ0) is 22.1. The average molecular weight is 420 g/mol. The molecule has 1 fully saturated rings. The maximum Gasteiger partial charge on any atom is 0.384 e. The van der Waals surface area contributed by atoms with Crippen LogP contribution in [-0.4, -0.2) is 43.1 Å². The summed E-state index contributed by atoms with van der Waals surface area (Å²) in [6, 6.07) is 17.9. The third-order valence-corrected chi connectivity index (χ3v) is 5.64. The van der Waals surface area contributed by atoms with Crippen molar-refractivity contribution in [3.63, 3.8) is 0 Å². The second-order valence-electron chi connectivity index (χ2n) is 7.58. The van der Waals surface area contributed by atoms with Gasteiger partial charge in [-0.25, -0.2) is 4.79 Å². The molecule has 0 bridgehead atoms. The number of carbonyl (C=O) groups is 2. The normalized spacial score (nSPS) is 15.4. The molecule has 162 valence electrons. The van der Waals surface area contributed by atoms with Gasteiger partial charge in [-0.2, -0.15) is 0 Å². The van der Waals surface area contributed by atoms with E-state index in [4.69, 9.17) is 9.47 Å². The predicted octanol–water partition coefficient (Wildman–Crippen LogP) is 3.70. The maximum absolute atomic E-state index is 13.2. The monoisotopic (exact) mass is 419 g/mol. The summed E-state index contributed by atoms with van der Waals surface area (Å²) in [5.74, 6) is 4.67. The van der Waals surface area contributed by atoms with Crippen LogP contribution in [0.5, 0.6) is 0 Å². The third-order valence-electron chi connectivity index (χ3n) is 5.64. The van der Waals surface area contributed by atoms with Gasteiger partial charge in [-0.05, 0) is 57.0 Å². The predicted molar refractivity (Wildman–Crippen MR) is 119 cm³/mol. The van der Waals surface area contributed by atoms with E-state index in [1.165, 1.54) is 5.56 Å². The first-order valence-corrected chi connectivity index (χ1v) is 10.8. The molecule has 5 nitrogen and oxygen atoms in total. The number of likely N-dealkylation sites (tertiary alicyclic amines) is 1. The number of hydrogen-bond acceptors (Lipinski definition) is 5. The summed E-state index contributed by atoms with van der Waals surface area (Å²) in [4.78, 5) is 27.3. The molecule has 2 aromatic rings. The minimum absolute atomic E-state index is 0.222. The average Bonchev–Trinajstić information content (AvgIpc) is 2.80. The van der Waals surface area contributed by atoms with Gasteiger partial charge in [0.1, 0.15) is 0 Å². The highest BCUT2D eigenvalue weighted by molar-refractivity contribution is 5.90. The number of piperidine rings is 1. The molecule has 0 saturated carbocycles. The molecule has 0 unspecified atom stereocenters. The standard InChI is InChI=1S/C26H29NO4/c1-3-30-24(28)15-14-22-12-8-9-13-23(22)26(25(29)31-4-2)16-18-27(19-17-26)20-21-10-6-5-7-11-21/h5-13H,3-4,16-20H2,1-2H3. The Labute approximate surface area is 184 Å². The lowest BCUT2D eigenvalue weighted by molar-refractivity contribution is -0.152. The Hall–Kier alpha value is -3.10. The Morgan fingerprint density at radius 3 is 2.26 bits per heavy atom. The smallest absolute Gasteiger partial charge is 0.384 e. The SMILES string of the molecule is CCOC(=O)C#Cc1ccccc1C1(C(=O)OCC)CCN(Cc2ccccc2)CC1. The van der Waals surface area contributed by atoms with Crippen molar-refractivity contribution in [1.29, 1.82) is 0 Å². The van der Waals surface area contributed by atoms with Gasteiger partial charge in [0.15, 0.2) is 0 Å². The molecule has 1 aliphatic rings. The molecule has 31 heavy (non-hydrogen) atoms. The summed E-state index contributed by atoms with van der Waals surface area (Å²) in [7, 11) is 0. The Morgan fingerprint density at radius 2 is 1.58 bits per heavy atom. The van der Waals surface area contributed by atoms with Gasteiger partial charge >= 0.3 is 11.9 Å². The van der Waals surface area contributed by atoms with Crippen molar-refractivity contribution in [2.24, 2.45) is 0 Å². The molecule has 1 heterocycles. The van der Waals surface area contributed by atoms with Crippen LogP contribution in [0.25, 0.3) is 0 Å². The van der Waals surface area contributed by atoms with Crippen LogP contribution in [0.15, 0.2) is 54.6 Å². The summed E-state index contributed by atoms with van der Waals surface area (Å²) in [6.45, 7) is 6.56. The van der Waals surface area contributed by atoms with E-state index in [1.807, 2.05) is 49.4 Å². The van der Waals surface area contributed by atoms with Gasteiger partial charge < -0.3 is 9.47 Å². The molecule has 0 spiro atoms. The highest BCUT2D eigenvalue weighted by Gasteiger charge is 2.45. The lowest BCUT2D eigenvalue weighted by atomic mass is 9.71. The Kier molecular flexibility index (Phi) is 7.86. The Balaban J connectivity index is 1.87. The van der Waals surface area contributed by atoms with E-state index < -0.39 is 11.4 Å². The highest BCUT2D eigenvalue weighted by Crippen LogP contribution is 2.39. The fourth-order valence-electron chi connectivity index (χ4n) is 4.08. The van der Waals surface area contributed by atoms with E-state index in [0.29, 0.717) is 25.0 Å². The first-order chi connectivity index (χ1) is 15.1. The van der Waals surface area contributed by atoms with Crippen molar-refractivity contribution in [3.05, 3.63) is 71.3 Å². The van der Waals surface area contributed by atoms with Gasteiger partial charge in [0.05, 0.1) is 18.6 Å². The lowest BCUT2D eigenvalue weighted by Gasteiger charge is -2.40.